The lowest BCUT2D eigenvalue weighted by Gasteiger charge is -2.34. The fourth-order valence-electron chi connectivity index (χ4n) is 4.61. The van der Waals surface area contributed by atoms with Gasteiger partial charge in [0.25, 0.3) is 5.91 Å². The number of rotatable bonds is 7. The van der Waals surface area contributed by atoms with Crippen LogP contribution in [0.2, 0.25) is 0 Å². The summed E-state index contributed by atoms with van der Waals surface area (Å²) in [4.78, 5) is 24.9. The average Bonchev–Trinajstić information content (AvgIpc) is 3.45. The highest BCUT2D eigenvalue weighted by Gasteiger charge is 2.45. The van der Waals surface area contributed by atoms with Crippen LogP contribution in [0.1, 0.15) is 55.6 Å². The molecule has 0 atom stereocenters. The molecule has 3 heterocycles. The van der Waals surface area contributed by atoms with Crippen molar-refractivity contribution < 1.29 is 14.3 Å². The predicted octanol–water partition coefficient (Wildman–Crippen LogP) is 4.86. The lowest BCUT2D eigenvalue weighted by Crippen LogP contribution is -2.38. The second kappa shape index (κ2) is 9.00. The Labute approximate surface area is 205 Å². The van der Waals surface area contributed by atoms with Crippen LogP contribution in [0.15, 0.2) is 47.1 Å². The Hall–Kier alpha value is -3.39. The van der Waals surface area contributed by atoms with Crippen LogP contribution >= 0.6 is 0 Å². The van der Waals surface area contributed by atoms with Gasteiger partial charge in [-0.25, -0.2) is 9.97 Å². The van der Waals surface area contributed by atoms with Crippen molar-refractivity contribution >= 4 is 23.2 Å². The first-order chi connectivity index (χ1) is 16.8. The molecule has 2 aliphatic rings. The van der Waals surface area contributed by atoms with Crippen LogP contribution in [0.4, 0.5) is 17.3 Å². The van der Waals surface area contributed by atoms with Gasteiger partial charge in [-0.05, 0) is 82.2 Å². The number of piperidine rings is 1. The molecular formula is C27H33N5O3. The Morgan fingerprint density at radius 1 is 1.14 bits per heavy atom. The first-order valence-electron chi connectivity index (χ1n) is 12.2. The van der Waals surface area contributed by atoms with Gasteiger partial charge in [-0.1, -0.05) is 6.07 Å². The Bertz CT molecular complexity index is 1220. The molecule has 1 aliphatic heterocycles. The summed E-state index contributed by atoms with van der Waals surface area (Å²) in [6, 6.07) is 11.1. The van der Waals surface area contributed by atoms with Gasteiger partial charge in [-0.15, -0.1) is 0 Å². The number of anilines is 3. The van der Waals surface area contributed by atoms with Gasteiger partial charge in [0.2, 0.25) is 5.89 Å². The summed E-state index contributed by atoms with van der Waals surface area (Å²) >= 11 is 0. The standard InChI is InChI=1S/C27H33N5O3/c1-18-16-35-25(28-18)19-5-4-6-20(15-19)29-24(34)21-7-8-22(31-26(2,3)17-33)30-23(21)32-13-11-27(9-10-27)12-14-32/h4-8,15-16,33H,9-14,17H2,1-3H3,(H,29,34)(H,30,31). The van der Waals surface area contributed by atoms with E-state index in [9.17, 15) is 9.90 Å². The summed E-state index contributed by atoms with van der Waals surface area (Å²) in [5, 5.41) is 16.0. The van der Waals surface area contributed by atoms with Crippen LogP contribution in [-0.2, 0) is 0 Å². The van der Waals surface area contributed by atoms with Crippen LogP contribution < -0.4 is 15.5 Å². The van der Waals surface area contributed by atoms with E-state index in [-0.39, 0.29) is 12.5 Å². The molecule has 3 aromatic rings. The Balaban J connectivity index is 1.41. The van der Waals surface area contributed by atoms with Crippen molar-refractivity contribution in [3.8, 4) is 11.5 Å². The number of amides is 1. The highest BCUT2D eigenvalue weighted by atomic mass is 16.3. The van der Waals surface area contributed by atoms with Gasteiger partial charge in [-0.3, -0.25) is 4.79 Å². The molecule has 1 aliphatic carbocycles. The largest absolute Gasteiger partial charge is 0.444 e. The maximum absolute atomic E-state index is 13.4. The quantitative estimate of drug-likeness (QED) is 0.448. The number of carbonyl (C=O) groups excluding carboxylic acids is 1. The third-order valence-corrected chi connectivity index (χ3v) is 7.05. The molecule has 1 saturated carbocycles. The number of hydrogen-bond donors (Lipinski definition) is 3. The summed E-state index contributed by atoms with van der Waals surface area (Å²) in [7, 11) is 0. The third kappa shape index (κ3) is 5.17. The number of aromatic nitrogens is 2. The third-order valence-electron chi connectivity index (χ3n) is 7.05. The van der Waals surface area contributed by atoms with Crippen LogP contribution in [0.25, 0.3) is 11.5 Å². The smallest absolute Gasteiger partial charge is 0.259 e. The molecule has 184 valence electrons. The number of benzene rings is 1. The highest BCUT2D eigenvalue weighted by molar-refractivity contribution is 6.08. The van der Waals surface area contributed by atoms with E-state index >= 15 is 0 Å². The number of aliphatic hydroxyl groups is 1. The molecule has 8 nitrogen and oxygen atoms in total. The van der Waals surface area contributed by atoms with Crippen molar-refractivity contribution in [3.05, 3.63) is 53.9 Å². The number of pyridine rings is 1. The van der Waals surface area contributed by atoms with Crippen LogP contribution in [-0.4, -0.2) is 46.2 Å². The van der Waals surface area contributed by atoms with E-state index < -0.39 is 5.54 Å². The van der Waals surface area contributed by atoms with Crippen molar-refractivity contribution in [2.75, 3.05) is 35.2 Å². The minimum Gasteiger partial charge on any atom is -0.444 e. The molecule has 8 heteroatoms. The molecule has 1 spiro atoms. The SMILES string of the molecule is Cc1coc(-c2cccc(NC(=O)c3ccc(NC(C)(C)CO)nc3N3CCC4(CC3)CC4)c2)n1. The zero-order chi connectivity index (χ0) is 24.6. The molecular weight excluding hydrogens is 442 g/mol. The summed E-state index contributed by atoms with van der Waals surface area (Å²) < 4.78 is 5.51. The first-order valence-corrected chi connectivity index (χ1v) is 12.2. The molecule has 5 rings (SSSR count). The number of oxazole rings is 1. The first kappa shape index (κ1) is 23.4. The molecule has 2 aromatic heterocycles. The number of nitrogens with one attached hydrogen (secondary N) is 2. The van der Waals surface area contributed by atoms with E-state index in [1.165, 1.54) is 12.8 Å². The topological polar surface area (TPSA) is 104 Å². The number of aryl methyl sites for hydroxylation is 1. The minimum atomic E-state index is -0.521. The second-order valence-electron chi connectivity index (χ2n) is 10.6. The zero-order valence-corrected chi connectivity index (χ0v) is 20.6. The normalized spacial score (nSPS) is 16.9. The molecule has 1 saturated heterocycles. The van der Waals surface area contributed by atoms with Crippen molar-refractivity contribution in [3.63, 3.8) is 0 Å². The summed E-state index contributed by atoms with van der Waals surface area (Å²) in [6.45, 7) is 7.44. The van der Waals surface area contributed by atoms with E-state index in [4.69, 9.17) is 9.40 Å². The zero-order valence-electron chi connectivity index (χ0n) is 20.6. The molecule has 3 N–H and O–H groups in total. The monoisotopic (exact) mass is 475 g/mol. The minimum absolute atomic E-state index is 0.0289. The van der Waals surface area contributed by atoms with Crippen LogP contribution in [0.3, 0.4) is 0 Å². The van der Waals surface area contributed by atoms with Gasteiger partial charge >= 0.3 is 0 Å². The Morgan fingerprint density at radius 2 is 1.91 bits per heavy atom. The van der Waals surface area contributed by atoms with E-state index in [1.807, 2.05) is 51.1 Å². The van der Waals surface area contributed by atoms with Gasteiger partial charge in [0, 0.05) is 24.3 Å². The van der Waals surface area contributed by atoms with Gasteiger partial charge in [0.1, 0.15) is 17.9 Å². The van der Waals surface area contributed by atoms with Gasteiger partial charge in [-0.2, -0.15) is 0 Å². The van der Waals surface area contributed by atoms with Crippen LogP contribution in [0.5, 0.6) is 0 Å². The van der Waals surface area contributed by atoms with Crippen LogP contribution in [0, 0.1) is 12.3 Å². The maximum atomic E-state index is 13.4. The maximum Gasteiger partial charge on any atom is 0.259 e. The van der Waals surface area contributed by atoms with Crippen molar-refractivity contribution in [2.24, 2.45) is 5.41 Å². The Morgan fingerprint density at radius 3 is 2.57 bits per heavy atom. The summed E-state index contributed by atoms with van der Waals surface area (Å²) in [6.07, 6.45) is 6.50. The van der Waals surface area contributed by atoms with Gasteiger partial charge < -0.3 is 25.1 Å². The number of hydrogen-bond acceptors (Lipinski definition) is 7. The molecule has 2 fully saturated rings. The van der Waals surface area contributed by atoms with Gasteiger partial charge in [0.05, 0.1) is 23.4 Å². The lowest BCUT2D eigenvalue weighted by atomic mass is 9.93. The Kier molecular flexibility index (Phi) is 6.01. The molecule has 0 unspecified atom stereocenters. The van der Waals surface area contributed by atoms with E-state index in [0.717, 1.165) is 37.2 Å². The van der Waals surface area contributed by atoms with Gasteiger partial charge in [0.15, 0.2) is 0 Å². The molecule has 35 heavy (non-hydrogen) atoms. The molecule has 1 amide bonds. The predicted molar refractivity (Wildman–Crippen MR) is 137 cm³/mol. The second-order valence-corrected chi connectivity index (χ2v) is 10.6. The van der Waals surface area contributed by atoms with Crippen molar-refractivity contribution in [2.45, 2.75) is 52.0 Å². The number of nitrogens with zero attached hydrogens (tertiary/aromatic N) is 3. The average molecular weight is 476 g/mol. The van der Waals surface area contributed by atoms with E-state index in [2.05, 4.69) is 20.5 Å². The van der Waals surface area contributed by atoms with Crippen molar-refractivity contribution in [1.29, 1.82) is 0 Å². The summed E-state index contributed by atoms with van der Waals surface area (Å²) in [5.74, 6) is 1.62. The molecule has 0 bridgehead atoms. The fourth-order valence-corrected chi connectivity index (χ4v) is 4.61. The number of aliphatic hydroxyl groups excluding tert-OH is 1. The highest BCUT2D eigenvalue weighted by Crippen LogP contribution is 2.54. The van der Waals surface area contributed by atoms with E-state index in [0.29, 0.717) is 34.2 Å². The van der Waals surface area contributed by atoms with Crippen molar-refractivity contribution in [1.82, 2.24) is 9.97 Å². The number of carbonyl (C=O) groups is 1. The molecule has 1 aromatic carbocycles. The molecule has 0 radical (unpaired) electrons. The summed E-state index contributed by atoms with van der Waals surface area (Å²) in [5.41, 5.74) is 2.79. The fraction of sp³-hybridized carbons (Fsp3) is 0.444. The lowest BCUT2D eigenvalue weighted by molar-refractivity contribution is 0.102. The van der Waals surface area contributed by atoms with E-state index in [1.54, 1.807) is 12.3 Å².